The van der Waals surface area contributed by atoms with Gasteiger partial charge in [0.1, 0.15) is 12.2 Å². The Morgan fingerprint density at radius 3 is 2.81 bits per heavy atom. The van der Waals surface area contributed by atoms with Gasteiger partial charge < -0.3 is 9.88 Å². The van der Waals surface area contributed by atoms with E-state index in [1.165, 1.54) is 0 Å². The molecule has 1 unspecified atom stereocenters. The van der Waals surface area contributed by atoms with Crippen molar-refractivity contribution in [1.29, 1.82) is 0 Å². The summed E-state index contributed by atoms with van der Waals surface area (Å²) < 4.78 is 13.2. The molecule has 2 heterocycles. The lowest BCUT2D eigenvalue weighted by Crippen LogP contribution is -2.37. The van der Waals surface area contributed by atoms with Crippen molar-refractivity contribution in [2.75, 3.05) is 11.5 Å². The summed E-state index contributed by atoms with van der Waals surface area (Å²) in [6.07, 6.45) is 3.70. The van der Waals surface area contributed by atoms with Crippen LogP contribution >= 0.6 is 0 Å². The first-order valence-corrected chi connectivity index (χ1v) is 7.10. The topological polar surface area (TPSA) is 59.8 Å². The molecule has 0 aromatic carbocycles. The average molecular weight is 242 g/mol. The van der Waals surface area contributed by atoms with Crippen LogP contribution in [0, 0.1) is 0 Å². The van der Waals surface area contributed by atoms with Crippen LogP contribution < -0.4 is 5.32 Å². The van der Waals surface area contributed by atoms with E-state index in [2.05, 4.69) is 22.4 Å². The van der Waals surface area contributed by atoms with E-state index in [0.717, 1.165) is 30.2 Å². The van der Waals surface area contributed by atoms with Gasteiger partial charge in [-0.25, -0.2) is 0 Å². The molecule has 1 aliphatic rings. The van der Waals surface area contributed by atoms with E-state index in [-0.39, 0.29) is 6.04 Å². The number of aryl methyl sites for hydroxylation is 1. The number of aromatic nitrogens is 3. The van der Waals surface area contributed by atoms with Crippen molar-refractivity contribution in [1.82, 2.24) is 20.1 Å². The van der Waals surface area contributed by atoms with Gasteiger partial charge in [0.25, 0.3) is 0 Å². The molecule has 0 bridgehead atoms. The molecule has 0 amide bonds. The fourth-order valence-electron chi connectivity index (χ4n) is 2.07. The minimum absolute atomic E-state index is 0.198. The first-order valence-electron chi connectivity index (χ1n) is 5.61. The van der Waals surface area contributed by atoms with Gasteiger partial charge in [0, 0.05) is 35.4 Å². The molecule has 2 rings (SSSR count). The Balaban J connectivity index is 1.90. The van der Waals surface area contributed by atoms with Crippen LogP contribution in [0.1, 0.15) is 31.6 Å². The van der Waals surface area contributed by atoms with Gasteiger partial charge in [0.2, 0.25) is 0 Å². The quantitative estimate of drug-likeness (QED) is 0.832. The van der Waals surface area contributed by atoms with Gasteiger partial charge in [-0.1, -0.05) is 0 Å². The van der Waals surface area contributed by atoms with Crippen molar-refractivity contribution < 1.29 is 4.21 Å². The highest BCUT2D eigenvalue weighted by Crippen LogP contribution is 2.15. The number of hydrogen-bond acceptors (Lipinski definition) is 4. The van der Waals surface area contributed by atoms with E-state index in [0.29, 0.717) is 6.04 Å². The summed E-state index contributed by atoms with van der Waals surface area (Å²) in [5.74, 6) is 2.60. The Morgan fingerprint density at radius 1 is 1.56 bits per heavy atom. The second-order valence-corrected chi connectivity index (χ2v) is 6.01. The minimum atomic E-state index is -0.590. The highest BCUT2D eigenvalue weighted by molar-refractivity contribution is 7.85. The van der Waals surface area contributed by atoms with Crippen molar-refractivity contribution in [2.45, 2.75) is 31.8 Å². The molecule has 1 atom stereocenters. The summed E-state index contributed by atoms with van der Waals surface area (Å²) in [4.78, 5) is 0. The zero-order chi connectivity index (χ0) is 11.5. The average Bonchev–Trinajstić information content (AvgIpc) is 2.68. The SMILES string of the molecule is CC(NC1CCS(=O)CC1)c1nncn1C. The number of hydrogen-bond donors (Lipinski definition) is 1. The first kappa shape index (κ1) is 11.7. The summed E-state index contributed by atoms with van der Waals surface area (Å²) in [6.45, 7) is 2.09. The molecule has 5 nitrogen and oxygen atoms in total. The van der Waals surface area contributed by atoms with Crippen molar-refractivity contribution in [3.05, 3.63) is 12.2 Å². The van der Waals surface area contributed by atoms with Crippen LogP contribution in [0.3, 0.4) is 0 Å². The molecule has 0 spiro atoms. The standard InChI is InChI=1S/C10H18N4OS/c1-8(10-13-11-7-14(10)2)12-9-3-5-16(15)6-4-9/h7-9,12H,3-6H2,1-2H3. The lowest BCUT2D eigenvalue weighted by Gasteiger charge is -2.25. The van der Waals surface area contributed by atoms with E-state index in [1.807, 2.05) is 11.6 Å². The predicted octanol–water partition coefficient (Wildman–Crippen LogP) is 0.377. The summed E-state index contributed by atoms with van der Waals surface area (Å²) in [5.41, 5.74) is 0. The van der Waals surface area contributed by atoms with Crippen LogP contribution in [0.25, 0.3) is 0 Å². The molecule has 1 aromatic rings. The molecule has 1 aliphatic heterocycles. The summed E-state index contributed by atoms with van der Waals surface area (Å²) in [6, 6.07) is 0.661. The molecule has 0 aliphatic carbocycles. The van der Waals surface area contributed by atoms with Crippen LogP contribution in [0.5, 0.6) is 0 Å². The lowest BCUT2D eigenvalue weighted by atomic mass is 10.1. The molecule has 90 valence electrons. The first-order chi connectivity index (χ1) is 7.66. The van der Waals surface area contributed by atoms with Gasteiger partial charge in [-0.2, -0.15) is 0 Å². The fraction of sp³-hybridized carbons (Fsp3) is 0.800. The molecular formula is C10H18N4OS. The number of nitrogens with zero attached hydrogens (tertiary/aromatic N) is 3. The molecule has 1 aromatic heterocycles. The molecule has 16 heavy (non-hydrogen) atoms. The molecular weight excluding hydrogens is 224 g/mol. The highest BCUT2D eigenvalue weighted by atomic mass is 32.2. The maximum atomic E-state index is 11.2. The van der Waals surface area contributed by atoms with Gasteiger partial charge in [-0.3, -0.25) is 4.21 Å². The zero-order valence-corrected chi connectivity index (χ0v) is 10.5. The number of nitrogens with one attached hydrogen (secondary N) is 1. The second-order valence-electron chi connectivity index (χ2n) is 4.31. The van der Waals surface area contributed by atoms with Crippen molar-refractivity contribution in [2.24, 2.45) is 7.05 Å². The molecule has 1 N–H and O–H groups in total. The Morgan fingerprint density at radius 2 is 2.25 bits per heavy atom. The second kappa shape index (κ2) is 5.05. The predicted molar refractivity (Wildman–Crippen MR) is 63.5 cm³/mol. The number of rotatable bonds is 3. The van der Waals surface area contributed by atoms with E-state index in [4.69, 9.17) is 0 Å². The van der Waals surface area contributed by atoms with E-state index in [1.54, 1.807) is 6.33 Å². The van der Waals surface area contributed by atoms with Gasteiger partial charge in [-0.15, -0.1) is 10.2 Å². The molecule has 0 saturated carbocycles. The van der Waals surface area contributed by atoms with Crippen LogP contribution in [0.2, 0.25) is 0 Å². The van der Waals surface area contributed by atoms with Crippen LogP contribution in [-0.4, -0.2) is 36.5 Å². The van der Waals surface area contributed by atoms with Crippen molar-refractivity contribution >= 4 is 10.8 Å². The largest absolute Gasteiger partial charge is 0.319 e. The van der Waals surface area contributed by atoms with Crippen LogP contribution in [0.15, 0.2) is 6.33 Å². The molecule has 1 saturated heterocycles. The summed E-state index contributed by atoms with van der Waals surface area (Å²) in [7, 11) is 1.36. The Bertz CT molecular complexity index is 369. The third kappa shape index (κ3) is 2.68. The van der Waals surface area contributed by atoms with Crippen LogP contribution in [-0.2, 0) is 17.8 Å². The van der Waals surface area contributed by atoms with Gasteiger partial charge in [-0.05, 0) is 19.8 Å². The van der Waals surface area contributed by atoms with Crippen LogP contribution in [0.4, 0.5) is 0 Å². The van der Waals surface area contributed by atoms with Crippen molar-refractivity contribution in [3.63, 3.8) is 0 Å². The summed E-state index contributed by atoms with van der Waals surface area (Å²) in [5, 5.41) is 11.5. The Hall–Kier alpha value is -0.750. The highest BCUT2D eigenvalue weighted by Gasteiger charge is 2.21. The maximum Gasteiger partial charge on any atom is 0.149 e. The monoisotopic (exact) mass is 242 g/mol. The normalized spacial score (nSPS) is 27.9. The minimum Gasteiger partial charge on any atom is -0.319 e. The van der Waals surface area contributed by atoms with E-state index < -0.39 is 10.8 Å². The van der Waals surface area contributed by atoms with Gasteiger partial charge >= 0.3 is 0 Å². The smallest absolute Gasteiger partial charge is 0.149 e. The zero-order valence-electron chi connectivity index (χ0n) is 9.72. The van der Waals surface area contributed by atoms with Gasteiger partial charge in [0.15, 0.2) is 0 Å². The van der Waals surface area contributed by atoms with E-state index >= 15 is 0 Å². The van der Waals surface area contributed by atoms with Gasteiger partial charge in [0.05, 0.1) is 6.04 Å². The Kier molecular flexibility index (Phi) is 3.70. The third-order valence-corrected chi connectivity index (χ3v) is 4.39. The molecule has 1 fully saturated rings. The molecule has 0 radical (unpaired) electrons. The Labute approximate surface area is 98.1 Å². The van der Waals surface area contributed by atoms with E-state index in [9.17, 15) is 4.21 Å². The van der Waals surface area contributed by atoms with Crippen molar-refractivity contribution in [3.8, 4) is 0 Å². The maximum absolute atomic E-state index is 11.2. The lowest BCUT2D eigenvalue weighted by molar-refractivity contribution is 0.410. The molecule has 6 heteroatoms. The summed E-state index contributed by atoms with van der Waals surface area (Å²) >= 11 is 0. The fourth-order valence-corrected chi connectivity index (χ4v) is 3.37. The third-order valence-electron chi connectivity index (χ3n) is 3.01.